The molecule has 0 amide bonds. The van der Waals surface area contributed by atoms with Gasteiger partial charge in [-0.3, -0.25) is 0 Å². The Morgan fingerprint density at radius 2 is 0.836 bits per heavy atom. The van der Waals surface area contributed by atoms with Crippen LogP contribution in [0.2, 0.25) is 0 Å². The number of hydrogen-bond donors (Lipinski definition) is 3. The lowest BCUT2D eigenvalue weighted by Gasteiger charge is -2.36. The second-order valence-electron chi connectivity index (χ2n) is 14.9. The van der Waals surface area contributed by atoms with Gasteiger partial charge in [0.2, 0.25) is 53.5 Å². The maximum atomic E-state index is 5.08. The summed E-state index contributed by atoms with van der Waals surface area (Å²) in [6, 6.07) is 10.3. The normalized spacial score (nSPS) is 16.9. The maximum absolute atomic E-state index is 5.08. The molecule has 3 saturated heterocycles. The standard InChI is InChI=1S/C37H54N18/c1-4-5-9-12-38-29-41-32-47-33(42-29)51-15-19-54(20-16-51)36-45-31(40-26-28-10-7-6-8-11-28)46-37(49-36)55-23-21-53(22-24-55)35-44-30(39-25-27(2)3)43-34(48-35)52-17-13-50(32)14-18-52/h6-8,10-11,27H,4-5,9,12-26H2,1-3H3,(H,38,41,42,47)(H,39,43,44,48)(H,40,45,46,49). The Morgan fingerprint density at radius 1 is 0.473 bits per heavy atom. The molecular formula is C37H54N18. The van der Waals surface area contributed by atoms with Crippen molar-refractivity contribution >= 4 is 53.5 Å². The number of piperazine rings is 3. The predicted octanol–water partition coefficient (Wildman–Crippen LogP) is 2.82. The molecule has 0 spiro atoms. The Hall–Kier alpha value is -5.55. The zero-order valence-electron chi connectivity index (χ0n) is 32.4. The van der Waals surface area contributed by atoms with Crippen LogP contribution >= 0.6 is 0 Å². The number of aromatic nitrogens is 9. The van der Waals surface area contributed by atoms with Gasteiger partial charge in [0, 0.05) is 98.2 Å². The highest BCUT2D eigenvalue weighted by molar-refractivity contribution is 5.52. The Balaban J connectivity index is 1.13. The highest BCUT2D eigenvalue weighted by Gasteiger charge is 2.29. The van der Waals surface area contributed by atoms with Crippen LogP contribution in [0.3, 0.4) is 0 Å². The van der Waals surface area contributed by atoms with E-state index in [1.807, 2.05) is 18.2 Å². The lowest BCUT2D eigenvalue weighted by atomic mass is 10.2. The van der Waals surface area contributed by atoms with E-state index in [1.54, 1.807) is 0 Å². The van der Waals surface area contributed by atoms with Gasteiger partial charge in [0.05, 0.1) is 0 Å². The summed E-state index contributed by atoms with van der Waals surface area (Å²) in [4.78, 5) is 58.3. The van der Waals surface area contributed by atoms with E-state index in [2.05, 4.69) is 78.3 Å². The van der Waals surface area contributed by atoms with Gasteiger partial charge in [-0.2, -0.15) is 44.9 Å². The van der Waals surface area contributed by atoms with E-state index in [4.69, 9.17) is 44.9 Å². The minimum Gasteiger partial charge on any atom is -0.354 e. The third-order valence-electron chi connectivity index (χ3n) is 10.4. The molecule has 18 nitrogen and oxygen atoms in total. The molecule has 3 aromatic heterocycles. The van der Waals surface area contributed by atoms with Gasteiger partial charge in [-0.1, -0.05) is 63.9 Å². The topological polar surface area (TPSA) is 172 Å². The highest BCUT2D eigenvalue weighted by atomic mass is 15.5. The second-order valence-corrected chi connectivity index (χ2v) is 14.9. The van der Waals surface area contributed by atoms with Crippen molar-refractivity contribution in [3.05, 3.63) is 35.9 Å². The van der Waals surface area contributed by atoms with Crippen molar-refractivity contribution in [1.82, 2.24) is 44.9 Å². The molecule has 7 aliphatic heterocycles. The number of rotatable bonds is 11. The van der Waals surface area contributed by atoms with Crippen molar-refractivity contribution in [2.75, 3.05) is 137 Å². The van der Waals surface area contributed by atoms with E-state index < -0.39 is 0 Å². The van der Waals surface area contributed by atoms with Crippen LogP contribution in [0.4, 0.5) is 53.5 Å². The van der Waals surface area contributed by atoms with Gasteiger partial charge >= 0.3 is 0 Å². The average Bonchev–Trinajstić information content (AvgIpc) is 3.23. The molecular weight excluding hydrogens is 697 g/mol. The third-order valence-corrected chi connectivity index (χ3v) is 10.4. The van der Waals surface area contributed by atoms with Crippen molar-refractivity contribution < 1.29 is 0 Å². The molecule has 0 unspecified atom stereocenters. The molecule has 10 heterocycles. The molecule has 292 valence electrons. The lowest BCUT2D eigenvalue weighted by Crippen LogP contribution is -2.49. The number of fused-ring (bicyclic) bond motifs is 3. The average molecular weight is 751 g/mol. The van der Waals surface area contributed by atoms with Crippen LogP contribution in [0.5, 0.6) is 0 Å². The van der Waals surface area contributed by atoms with E-state index >= 15 is 0 Å². The number of nitrogens with one attached hydrogen (secondary N) is 3. The van der Waals surface area contributed by atoms with Crippen molar-refractivity contribution in [2.24, 2.45) is 5.92 Å². The number of nitrogens with zero attached hydrogens (tertiary/aromatic N) is 15. The fourth-order valence-electron chi connectivity index (χ4n) is 7.11. The van der Waals surface area contributed by atoms with E-state index in [0.717, 1.165) is 116 Å². The summed E-state index contributed by atoms with van der Waals surface area (Å²) >= 11 is 0. The Morgan fingerprint density at radius 3 is 1.20 bits per heavy atom. The summed E-state index contributed by atoms with van der Waals surface area (Å²) in [5.41, 5.74) is 1.16. The van der Waals surface area contributed by atoms with E-state index in [9.17, 15) is 0 Å². The van der Waals surface area contributed by atoms with Gasteiger partial charge < -0.3 is 45.3 Å². The van der Waals surface area contributed by atoms with Crippen LogP contribution in [-0.2, 0) is 6.54 Å². The zero-order valence-corrected chi connectivity index (χ0v) is 32.4. The van der Waals surface area contributed by atoms with Crippen LogP contribution in [0.25, 0.3) is 0 Å². The van der Waals surface area contributed by atoms with Crippen LogP contribution in [0.15, 0.2) is 30.3 Å². The quantitative estimate of drug-likeness (QED) is 0.191. The molecule has 7 aliphatic rings. The molecule has 55 heavy (non-hydrogen) atoms. The summed E-state index contributed by atoms with van der Waals surface area (Å²) in [6.45, 7) is 17.5. The van der Waals surface area contributed by atoms with Crippen LogP contribution < -0.4 is 45.3 Å². The van der Waals surface area contributed by atoms with Gasteiger partial charge in [0.25, 0.3) is 0 Å². The summed E-state index contributed by atoms with van der Waals surface area (Å²) in [7, 11) is 0. The highest BCUT2D eigenvalue weighted by Crippen LogP contribution is 2.26. The first-order chi connectivity index (χ1) is 27.0. The van der Waals surface area contributed by atoms with Gasteiger partial charge in [-0.05, 0) is 17.9 Å². The first-order valence-electron chi connectivity index (χ1n) is 20.0. The fraction of sp³-hybridized carbons (Fsp3) is 0.595. The number of unbranched alkanes of at least 4 members (excludes halogenated alkanes) is 2. The van der Waals surface area contributed by atoms with E-state index in [-0.39, 0.29) is 0 Å². The Labute approximate surface area is 323 Å². The lowest BCUT2D eigenvalue weighted by molar-refractivity contribution is 0.611. The van der Waals surface area contributed by atoms with Gasteiger partial charge in [0.15, 0.2) is 0 Å². The van der Waals surface area contributed by atoms with E-state index in [0.29, 0.717) is 66.0 Å². The van der Waals surface area contributed by atoms with Gasteiger partial charge in [0.1, 0.15) is 0 Å². The first-order valence-corrected chi connectivity index (χ1v) is 20.0. The van der Waals surface area contributed by atoms with Crippen LogP contribution in [-0.4, -0.2) is 136 Å². The van der Waals surface area contributed by atoms with Crippen molar-refractivity contribution in [1.29, 1.82) is 0 Å². The van der Waals surface area contributed by atoms with E-state index in [1.165, 1.54) is 0 Å². The SMILES string of the molecule is CCCCCNc1nc2nc(n1)N1CCN(CC1)c1nc(NCC(C)C)nc(n1)N1CCN(CC1)c1nc(NCc3ccccc3)nc(n1)N1CCN2CC1. The smallest absolute Gasteiger partial charge is 0.232 e. The largest absolute Gasteiger partial charge is 0.354 e. The molecule has 4 aromatic rings. The maximum Gasteiger partial charge on any atom is 0.232 e. The molecule has 18 heteroatoms. The second kappa shape index (κ2) is 16.9. The molecule has 11 rings (SSSR count). The third kappa shape index (κ3) is 8.89. The minimum atomic E-state index is 0.447. The summed E-state index contributed by atoms with van der Waals surface area (Å²) < 4.78 is 0. The molecule has 3 fully saturated rings. The zero-order chi connectivity index (χ0) is 37.6. The Kier molecular flexibility index (Phi) is 11.2. The number of anilines is 9. The summed E-state index contributed by atoms with van der Waals surface area (Å²) in [5.74, 6) is 6.34. The monoisotopic (exact) mass is 750 g/mol. The van der Waals surface area contributed by atoms with Crippen LogP contribution in [0, 0.1) is 5.92 Å². The van der Waals surface area contributed by atoms with Gasteiger partial charge in [-0.15, -0.1) is 0 Å². The molecule has 12 bridgehead atoms. The molecule has 0 radical (unpaired) electrons. The molecule has 0 saturated carbocycles. The summed E-state index contributed by atoms with van der Waals surface area (Å²) in [6.07, 6.45) is 3.38. The van der Waals surface area contributed by atoms with Crippen LogP contribution in [0.1, 0.15) is 45.6 Å². The molecule has 0 aliphatic carbocycles. The number of hydrogen-bond acceptors (Lipinski definition) is 18. The molecule has 1 aromatic carbocycles. The Bertz CT molecular complexity index is 1850. The van der Waals surface area contributed by atoms with Crippen molar-refractivity contribution in [2.45, 2.75) is 46.6 Å². The molecule has 0 atom stereocenters. The van der Waals surface area contributed by atoms with Gasteiger partial charge in [-0.25, -0.2) is 0 Å². The first kappa shape index (κ1) is 36.4. The number of benzene rings is 1. The predicted molar refractivity (Wildman–Crippen MR) is 218 cm³/mol. The van der Waals surface area contributed by atoms with Crippen molar-refractivity contribution in [3.63, 3.8) is 0 Å². The molecule has 3 N–H and O–H groups in total. The summed E-state index contributed by atoms with van der Waals surface area (Å²) in [5, 5.41) is 10.4. The fourth-order valence-corrected chi connectivity index (χ4v) is 7.11. The van der Waals surface area contributed by atoms with Crippen molar-refractivity contribution in [3.8, 4) is 0 Å². The minimum absolute atomic E-state index is 0.447.